The first-order valence-electron chi connectivity index (χ1n) is 5.97. The summed E-state index contributed by atoms with van der Waals surface area (Å²) in [6, 6.07) is 15.6. The second-order valence-electron chi connectivity index (χ2n) is 4.26. The topological polar surface area (TPSA) is 41.6 Å². The van der Waals surface area contributed by atoms with Crippen molar-refractivity contribution in [3.8, 4) is 11.8 Å². The van der Waals surface area contributed by atoms with E-state index in [1.807, 2.05) is 41.0 Å². The molecule has 0 spiro atoms. The third-order valence-electron chi connectivity index (χ3n) is 3.06. The largest absolute Gasteiger partial charge is 0.295 e. The minimum Gasteiger partial charge on any atom is -0.295 e. The van der Waals surface area contributed by atoms with Crippen molar-refractivity contribution in [3.05, 3.63) is 58.3 Å². The Bertz CT molecular complexity index is 833. The molecule has 98 valence electrons. The normalized spacial score (nSPS) is 10.7. The van der Waals surface area contributed by atoms with Gasteiger partial charge in [-0.1, -0.05) is 28.1 Å². The fourth-order valence-electron chi connectivity index (χ4n) is 2.23. The molecule has 0 saturated carbocycles. The molecule has 0 aliphatic rings. The first kappa shape index (κ1) is 13.2. The Morgan fingerprint density at radius 2 is 2.05 bits per heavy atom. The van der Waals surface area contributed by atoms with Gasteiger partial charge in [-0.25, -0.2) is 4.98 Å². The first-order chi connectivity index (χ1) is 9.74. The number of hydrogen-bond donors (Lipinski definition) is 0. The van der Waals surface area contributed by atoms with E-state index in [2.05, 4.69) is 27.0 Å². The van der Waals surface area contributed by atoms with Crippen LogP contribution in [0.3, 0.4) is 0 Å². The smallest absolute Gasteiger partial charge is 0.129 e. The molecule has 20 heavy (non-hydrogen) atoms. The van der Waals surface area contributed by atoms with Crippen molar-refractivity contribution >= 4 is 38.6 Å². The Morgan fingerprint density at radius 1 is 1.25 bits per heavy atom. The van der Waals surface area contributed by atoms with Gasteiger partial charge in [0.1, 0.15) is 17.4 Å². The van der Waals surface area contributed by atoms with E-state index in [-0.39, 0.29) is 5.88 Å². The molecule has 0 aliphatic heterocycles. The zero-order valence-electron chi connectivity index (χ0n) is 10.3. The predicted molar refractivity (Wildman–Crippen MR) is 83.0 cm³/mol. The molecule has 1 heterocycles. The summed E-state index contributed by atoms with van der Waals surface area (Å²) in [7, 11) is 0. The number of nitriles is 1. The van der Waals surface area contributed by atoms with Crippen molar-refractivity contribution in [2.45, 2.75) is 5.88 Å². The monoisotopic (exact) mass is 345 g/mol. The maximum absolute atomic E-state index is 9.18. The number of fused-ring (bicyclic) bond motifs is 1. The zero-order valence-corrected chi connectivity index (χ0v) is 12.7. The van der Waals surface area contributed by atoms with Crippen LogP contribution in [0.5, 0.6) is 0 Å². The van der Waals surface area contributed by atoms with Crippen LogP contribution in [0.4, 0.5) is 0 Å². The number of hydrogen-bond acceptors (Lipinski definition) is 2. The molecule has 0 atom stereocenters. The Labute approximate surface area is 129 Å². The van der Waals surface area contributed by atoms with E-state index in [4.69, 9.17) is 11.6 Å². The SMILES string of the molecule is N#Cc1cccc2c1nc(CCl)n2-c1cccc(Br)c1. The number of imidazole rings is 1. The van der Waals surface area contributed by atoms with Gasteiger partial charge in [0.25, 0.3) is 0 Å². The summed E-state index contributed by atoms with van der Waals surface area (Å²) in [6.45, 7) is 0. The van der Waals surface area contributed by atoms with Crippen LogP contribution in [0.25, 0.3) is 16.7 Å². The predicted octanol–water partition coefficient (Wildman–Crippen LogP) is 4.40. The van der Waals surface area contributed by atoms with E-state index in [9.17, 15) is 5.26 Å². The van der Waals surface area contributed by atoms with E-state index in [1.54, 1.807) is 6.07 Å². The van der Waals surface area contributed by atoms with Gasteiger partial charge in [-0.2, -0.15) is 5.26 Å². The summed E-state index contributed by atoms with van der Waals surface area (Å²) in [6.07, 6.45) is 0. The summed E-state index contributed by atoms with van der Waals surface area (Å²) in [5.41, 5.74) is 3.10. The van der Waals surface area contributed by atoms with E-state index >= 15 is 0 Å². The molecule has 5 heteroatoms. The average molecular weight is 347 g/mol. The second kappa shape index (κ2) is 5.28. The van der Waals surface area contributed by atoms with Gasteiger partial charge < -0.3 is 0 Å². The third kappa shape index (κ3) is 2.09. The molecule has 3 nitrogen and oxygen atoms in total. The molecule has 0 aliphatic carbocycles. The number of alkyl halides is 1. The van der Waals surface area contributed by atoms with Gasteiger partial charge in [-0.3, -0.25) is 4.57 Å². The van der Waals surface area contributed by atoms with Crippen molar-refractivity contribution in [2.24, 2.45) is 0 Å². The zero-order chi connectivity index (χ0) is 14.1. The van der Waals surface area contributed by atoms with Crippen LogP contribution in [-0.2, 0) is 5.88 Å². The average Bonchev–Trinajstić information content (AvgIpc) is 2.85. The highest BCUT2D eigenvalue weighted by Gasteiger charge is 2.14. The van der Waals surface area contributed by atoms with Crippen molar-refractivity contribution in [2.75, 3.05) is 0 Å². The number of para-hydroxylation sites is 1. The van der Waals surface area contributed by atoms with Crippen LogP contribution in [0, 0.1) is 11.3 Å². The van der Waals surface area contributed by atoms with Crippen LogP contribution < -0.4 is 0 Å². The van der Waals surface area contributed by atoms with Crippen molar-refractivity contribution in [1.82, 2.24) is 9.55 Å². The number of rotatable bonds is 2. The summed E-state index contributed by atoms with van der Waals surface area (Å²) >= 11 is 9.48. The minimum absolute atomic E-state index is 0.284. The molecular weight excluding hydrogens is 338 g/mol. The Balaban J connectivity index is 2.38. The molecule has 0 radical (unpaired) electrons. The highest BCUT2D eigenvalue weighted by atomic mass is 79.9. The lowest BCUT2D eigenvalue weighted by atomic mass is 10.2. The molecular formula is C15H9BrClN3. The van der Waals surface area contributed by atoms with Gasteiger partial charge in [0.15, 0.2) is 0 Å². The van der Waals surface area contributed by atoms with Crippen LogP contribution in [-0.4, -0.2) is 9.55 Å². The summed E-state index contributed by atoms with van der Waals surface area (Å²) in [5.74, 6) is 1.01. The first-order valence-corrected chi connectivity index (χ1v) is 7.29. The van der Waals surface area contributed by atoms with Gasteiger partial charge in [0.05, 0.1) is 17.0 Å². The fraction of sp³-hybridized carbons (Fsp3) is 0.0667. The number of benzene rings is 2. The fourth-order valence-corrected chi connectivity index (χ4v) is 2.80. The quantitative estimate of drug-likeness (QED) is 0.645. The molecule has 0 bridgehead atoms. The molecule has 0 unspecified atom stereocenters. The highest BCUT2D eigenvalue weighted by molar-refractivity contribution is 9.10. The van der Waals surface area contributed by atoms with Crippen LogP contribution in [0.15, 0.2) is 46.9 Å². The van der Waals surface area contributed by atoms with Gasteiger partial charge in [-0.15, -0.1) is 11.6 Å². The molecule has 0 amide bonds. The van der Waals surface area contributed by atoms with E-state index < -0.39 is 0 Å². The Kier molecular flexibility index (Phi) is 3.47. The number of halogens is 2. The molecule has 0 fully saturated rings. The summed E-state index contributed by atoms with van der Waals surface area (Å²) in [4.78, 5) is 4.50. The van der Waals surface area contributed by atoms with Crippen LogP contribution in [0.2, 0.25) is 0 Å². The van der Waals surface area contributed by atoms with Crippen LogP contribution in [0.1, 0.15) is 11.4 Å². The lowest BCUT2D eigenvalue weighted by Gasteiger charge is -2.08. The van der Waals surface area contributed by atoms with E-state index in [0.29, 0.717) is 11.1 Å². The van der Waals surface area contributed by atoms with Crippen molar-refractivity contribution in [1.29, 1.82) is 5.26 Å². The van der Waals surface area contributed by atoms with E-state index in [1.165, 1.54) is 0 Å². The Hall–Kier alpha value is -1.83. The minimum atomic E-state index is 0.284. The standard InChI is InChI=1S/C15H9BrClN3/c16-11-4-2-5-12(7-11)20-13-6-1-3-10(9-18)15(13)19-14(20)8-17/h1-7H,8H2. The molecule has 2 aromatic carbocycles. The lowest BCUT2D eigenvalue weighted by molar-refractivity contribution is 0.981. The maximum atomic E-state index is 9.18. The molecule has 0 saturated heterocycles. The summed E-state index contributed by atoms with van der Waals surface area (Å²) in [5, 5.41) is 9.18. The van der Waals surface area contributed by atoms with Crippen molar-refractivity contribution in [3.63, 3.8) is 0 Å². The Morgan fingerprint density at radius 3 is 2.75 bits per heavy atom. The van der Waals surface area contributed by atoms with Gasteiger partial charge in [0, 0.05) is 10.2 Å². The third-order valence-corrected chi connectivity index (χ3v) is 3.79. The number of nitrogens with zero attached hydrogens (tertiary/aromatic N) is 3. The van der Waals surface area contributed by atoms with Crippen molar-refractivity contribution < 1.29 is 0 Å². The molecule has 0 N–H and O–H groups in total. The maximum Gasteiger partial charge on any atom is 0.129 e. The summed E-state index contributed by atoms with van der Waals surface area (Å²) < 4.78 is 2.96. The van der Waals surface area contributed by atoms with E-state index in [0.717, 1.165) is 21.5 Å². The molecule has 3 aromatic rings. The van der Waals surface area contributed by atoms with Gasteiger partial charge >= 0.3 is 0 Å². The highest BCUT2D eigenvalue weighted by Crippen LogP contribution is 2.26. The molecule has 3 rings (SSSR count). The lowest BCUT2D eigenvalue weighted by Crippen LogP contribution is -1.98. The molecule has 1 aromatic heterocycles. The second-order valence-corrected chi connectivity index (χ2v) is 5.44. The number of aromatic nitrogens is 2. The van der Waals surface area contributed by atoms with Crippen LogP contribution >= 0.6 is 27.5 Å². The van der Waals surface area contributed by atoms with Gasteiger partial charge in [0.2, 0.25) is 0 Å². The van der Waals surface area contributed by atoms with Gasteiger partial charge in [-0.05, 0) is 30.3 Å².